The third-order valence-electron chi connectivity index (χ3n) is 2.79. The van der Waals surface area contributed by atoms with E-state index in [0.29, 0.717) is 11.3 Å². The topological polar surface area (TPSA) is 76.0 Å². The summed E-state index contributed by atoms with van der Waals surface area (Å²) in [7, 11) is 0. The first-order chi connectivity index (χ1) is 9.31. The number of aliphatic hydroxyl groups is 1. The molecule has 0 saturated carbocycles. The molecule has 112 valence electrons. The summed E-state index contributed by atoms with van der Waals surface area (Å²) >= 11 is 0. The van der Waals surface area contributed by atoms with Crippen LogP contribution in [0.25, 0.3) is 0 Å². The Hall–Kier alpha value is -1.59. The zero-order chi connectivity index (χ0) is 15.3. The summed E-state index contributed by atoms with van der Waals surface area (Å²) in [5, 5.41) is 18.7. The van der Waals surface area contributed by atoms with Crippen LogP contribution in [-0.2, 0) is 9.53 Å². The molecule has 5 nitrogen and oxygen atoms in total. The fraction of sp³-hybridized carbons (Fsp3) is 0.533. The lowest BCUT2D eigenvalue weighted by Gasteiger charge is -2.22. The maximum Gasteiger partial charge on any atom is 0.337 e. The molecule has 0 saturated heterocycles. The molecule has 1 aromatic rings. The van der Waals surface area contributed by atoms with Gasteiger partial charge in [-0.1, -0.05) is 12.1 Å². The predicted octanol–water partition coefficient (Wildman–Crippen LogP) is 2.39. The maximum absolute atomic E-state index is 11.3. The minimum absolute atomic E-state index is 0.00540. The fourth-order valence-corrected chi connectivity index (χ4v) is 1.63. The van der Waals surface area contributed by atoms with E-state index in [0.717, 1.165) is 0 Å². The summed E-state index contributed by atoms with van der Waals surface area (Å²) in [6.45, 7) is 6.98. The van der Waals surface area contributed by atoms with Gasteiger partial charge in [-0.3, -0.25) is 0 Å². The monoisotopic (exact) mass is 282 g/mol. The Balaban J connectivity index is 2.94. The van der Waals surface area contributed by atoms with Crippen LogP contribution in [0.3, 0.4) is 0 Å². The lowest BCUT2D eigenvalue weighted by Crippen LogP contribution is -2.28. The van der Waals surface area contributed by atoms with Crippen LogP contribution in [0.4, 0.5) is 0 Å². The average molecular weight is 282 g/mol. The second-order valence-corrected chi connectivity index (χ2v) is 5.04. The van der Waals surface area contributed by atoms with E-state index in [1.807, 2.05) is 13.8 Å². The molecule has 5 heteroatoms. The van der Waals surface area contributed by atoms with Crippen LogP contribution in [0.5, 0.6) is 5.75 Å². The normalized spacial score (nSPS) is 15.7. The van der Waals surface area contributed by atoms with Gasteiger partial charge in [0.15, 0.2) is 6.10 Å². The van der Waals surface area contributed by atoms with Gasteiger partial charge in [-0.05, 0) is 45.4 Å². The molecule has 0 aliphatic heterocycles. The van der Waals surface area contributed by atoms with Gasteiger partial charge in [0, 0.05) is 0 Å². The van der Waals surface area contributed by atoms with Crippen molar-refractivity contribution in [2.45, 2.75) is 52.1 Å². The van der Waals surface area contributed by atoms with E-state index in [1.54, 1.807) is 38.1 Å². The van der Waals surface area contributed by atoms with Gasteiger partial charge in [-0.2, -0.15) is 0 Å². The van der Waals surface area contributed by atoms with E-state index in [4.69, 9.17) is 9.47 Å². The number of carboxylic acids is 1. The van der Waals surface area contributed by atoms with Crippen LogP contribution in [-0.4, -0.2) is 34.5 Å². The molecular formula is C15H22O5. The summed E-state index contributed by atoms with van der Waals surface area (Å²) in [6.07, 6.45) is -2.45. The molecular weight excluding hydrogens is 260 g/mol. The molecule has 1 aromatic carbocycles. The minimum Gasteiger partial charge on any atom is -0.491 e. The number of hydrogen-bond donors (Lipinski definition) is 2. The largest absolute Gasteiger partial charge is 0.491 e. The first kappa shape index (κ1) is 16.5. The lowest BCUT2D eigenvalue weighted by atomic mass is 10.1. The minimum atomic E-state index is -1.13. The van der Waals surface area contributed by atoms with Crippen molar-refractivity contribution in [2.24, 2.45) is 0 Å². The second-order valence-electron chi connectivity index (χ2n) is 5.04. The van der Waals surface area contributed by atoms with Gasteiger partial charge >= 0.3 is 5.97 Å². The van der Waals surface area contributed by atoms with Crippen molar-refractivity contribution in [1.29, 1.82) is 0 Å². The first-order valence-electron chi connectivity index (χ1n) is 6.64. The summed E-state index contributed by atoms with van der Waals surface area (Å²) in [5.41, 5.74) is 0.489. The molecule has 0 amide bonds. The molecule has 1 rings (SSSR count). The highest BCUT2D eigenvalue weighted by molar-refractivity contribution is 5.74. The molecule has 3 unspecified atom stereocenters. The molecule has 0 heterocycles. The van der Waals surface area contributed by atoms with Crippen molar-refractivity contribution in [2.75, 3.05) is 0 Å². The SMILES string of the molecule is CC(C)Oc1cccc(C(OC(C)C(C)O)C(=O)O)c1. The number of ether oxygens (including phenoxy) is 2. The van der Waals surface area contributed by atoms with Gasteiger partial charge in [0.2, 0.25) is 0 Å². The molecule has 0 fully saturated rings. The van der Waals surface area contributed by atoms with Gasteiger partial charge < -0.3 is 19.7 Å². The predicted molar refractivity (Wildman–Crippen MR) is 74.8 cm³/mol. The van der Waals surface area contributed by atoms with Crippen LogP contribution in [0.1, 0.15) is 39.4 Å². The van der Waals surface area contributed by atoms with Gasteiger partial charge in [-0.25, -0.2) is 4.79 Å². The third kappa shape index (κ3) is 4.83. The lowest BCUT2D eigenvalue weighted by molar-refractivity contribution is -0.158. The Morgan fingerprint density at radius 3 is 2.35 bits per heavy atom. The molecule has 0 aliphatic carbocycles. The van der Waals surface area contributed by atoms with Crippen molar-refractivity contribution >= 4 is 5.97 Å². The van der Waals surface area contributed by atoms with E-state index < -0.39 is 24.3 Å². The molecule has 0 aliphatic rings. The number of aliphatic hydroxyl groups excluding tert-OH is 1. The van der Waals surface area contributed by atoms with Crippen LogP contribution in [0.2, 0.25) is 0 Å². The van der Waals surface area contributed by atoms with Crippen molar-refractivity contribution < 1.29 is 24.5 Å². The number of rotatable bonds is 7. The Morgan fingerprint density at radius 1 is 1.20 bits per heavy atom. The van der Waals surface area contributed by atoms with Gasteiger partial charge in [0.25, 0.3) is 0 Å². The molecule has 3 atom stereocenters. The number of carbonyl (C=O) groups is 1. The molecule has 0 radical (unpaired) electrons. The van der Waals surface area contributed by atoms with Crippen molar-refractivity contribution in [3.05, 3.63) is 29.8 Å². The van der Waals surface area contributed by atoms with Crippen LogP contribution in [0, 0.1) is 0 Å². The van der Waals surface area contributed by atoms with E-state index in [9.17, 15) is 15.0 Å². The average Bonchev–Trinajstić information content (AvgIpc) is 2.34. The Kier molecular flexibility index (Phi) is 5.98. The first-order valence-corrected chi connectivity index (χ1v) is 6.64. The quantitative estimate of drug-likeness (QED) is 0.803. The number of carboxylic acid groups (broad SMARTS) is 1. The summed E-state index contributed by atoms with van der Waals surface area (Å²) in [4.78, 5) is 11.3. The highest BCUT2D eigenvalue weighted by atomic mass is 16.5. The fourth-order valence-electron chi connectivity index (χ4n) is 1.63. The van der Waals surface area contributed by atoms with Gasteiger partial charge in [0.05, 0.1) is 18.3 Å². The van der Waals surface area contributed by atoms with Crippen molar-refractivity contribution in [3.63, 3.8) is 0 Å². The molecule has 0 spiro atoms. The summed E-state index contributed by atoms with van der Waals surface area (Å²) in [6, 6.07) is 6.80. The van der Waals surface area contributed by atoms with Gasteiger partial charge in [0.1, 0.15) is 5.75 Å². The molecule has 0 bridgehead atoms. The van der Waals surface area contributed by atoms with E-state index in [2.05, 4.69) is 0 Å². The van der Waals surface area contributed by atoms with Crippen LogP contribution < -0.4 is 4.74 Å². The van der Waals surface area contributed by atoms with E-state index >= 15 is 0 Å². The number of hydrogen-bond acceptors (Lipinski definition) is 4. The Labute approximate surface area is 119 Å². The molecule has 2 N–H and O–H groups in total. The molecule has 0 aromatic heterocycles. The highest BCUT2D eigenvalue weighted by Crippen LogP contribution is 2.25. The number of aliphatic carboxylic acids is 1. The summed E-state index contributed by atoms with van der Waals surface area (Å²) < 4.78 is 11.0. The second kappa shape index (κ2) is 7.26. The van der Waals surface area contributed by atoms with Gasteiger partial charge in [-0.15, -0.1) is 0 Å². The summed E-state index contributed by atoms with van der Waals surface area (Å²) in [5.74, 6) is -0.503. The molecule has 20 heavy (non-hydrogen) atoms. The van der Waals surface area contributed by atoms with Crippen molar-refractivity contribution in [3.8, 4) is 5.75 Å². The zero-order valence-corrected chi connectivity index (χ0v) is 12.2. The van der Waals surface area contributed by atoms with E-state index in [-0.39, 0.29) is 6.10 Å². The van der Waals surface area contributed by atoms with E-state index in [1.165, 1.54) is 0 Å². The van der Waals surface area contributed by atoms with Crippen LogP contribution >= 0.6 is 0 Å². The highest BCUT2D eigenvalue weighted by Gasteiger charge is 2.25. The maximum atomic E-state index is 11.3. The smallest absolute Gasteiger partial charge is 0.337 e. The van der Waals surface area contributed by atoms with Crippen molar-refractivity contribution in [1.82, 2.24) is 0 Å². The van der Waals surface area contributed by atoms with Crippen LogP contribution in [0.15, 0.2) is 24.3 Å². The number of benzene rings is 1. The Bertz CT molecular complexity index is 442. The third-order valence-corrected chi connectivity index (χ3v) is 2.79. The Morgan fingerprint density at radius 2 is 1.85 bits per heavy atom. The standard InChI is InChI=1S/C15H22O5/c1-9(2)19-13-7-5-6-12(8-13)14(15(17)18)20-11(4)10(3)16/h5-11,14,16H,1-4H3,(H,17,18). The zero-order valence-electron chi connectivity index (χ0n) is 12.2.